The van der Waals surface area contributed by atoms with E-state index < -0.39 is 29.6 Å². The van der Waals surface area contributed by atoms with E-state index in [0.29, 0.717) is 11.7 Å². The number of halogens is 2. The van der Waals surface area contributed by atoms with Gasteiger partial charge in [-0.25, -0.2) is 23.3 Å². The first-order valence-electron chi connectivity index (χ1n) is 10.4. The van der Waals surface area contributed by atoms with Gasteiger partial charge in [0.15, 0.2) is 0 Å². The molecule has 7 nitrogen and oxygen atoms in total. The Bertz CT molecular complexity index is 1130. The average molecular weight is 492 g/mol. The Morgan fingerprint density at radius 1 is 1.21 bits per heavy atom. The van der Waals surface area contributed by atoms with E-state index in [-0.39, 0.29) is 12.0 Å². The van der Waals surface area contributed by atoms with Crippen molar-refractivity contribution in [3.8, 4) is 0 Å². The average Bonchev–Trinajstić information content (AvgIpc) is 3.21. The van der Waals surface area contributed by atoms with Crippen molar-refractivity contribution in [2.24, 2.45) is 0 Å². The predicted molar refractivity (Wildman–Crippen MR) is 127 cm³/mol. The number of aromatic nitrogens is 1. The lowest BCUT2D eigenvalue weighted by Gasteiger charge is -2.27. The molecule has 0 spiro atoms. The molecule has 33 heavy (non-hydrogen) atoms. The number of nitrogens with one attached hydrogen (secondary N) is 3. The molecule has 1 atom stereocenters. The zero-order chi connectivity index (χ0) is 23.4. The second kappa shape index (κ2) is 10.4. The van der Waals surface area contributed by atoms with Gasteiger partial charge in [0.2, 0.25) is 5.91 Å². The third-order valence-corrected chi connectivity index (χ3v) is 7.02. The summed E-state index contributed by atoms with van der Waals surface area (Å²) in [6, 6.07) is 7.22. The summed E-state index contributed by atoms with van der Waals surface area (Å²) >= 11 is 2.54. The molecule has 174 valence electrons. The standard InChI is InChI=1S/C22H23F2N5O2S2/c1-29(17-5-6-20-18(11-17)25-12-32-20)21(30)19(9-13-7-14(23)10-15(24)8-13)26-22(31)28-33-27-16-3-2-4-16/h5-8,10-12,16,19,27H,2-4,9H2,1H3,(H2,26,28,31). The van der Waals surface area contributed by atoms with Crippen LogP contribution in [0.5, 0.6) is 0 Å². The van der Waals surface area contributed by atoms with Crippen molar-refractivity contribution in [2.75, 3.05) is 11.9 Å². The Balaban J connectivity index is 1.49. The summed E-state index contributed by atoms with van der Waals surface area (Å²) in [6.07, 6.45) is 3.18. The van der Waals surface area contributed by atoms with Crippen LogP contribution in [0.3, 0.4) is 0 Å². The summed E-state index contributed by atoms with van der Waals surface area (Å²) < 4.78 is 34.1. The highest BCUT2D eigenvalue weighted by molar-refractivity contribution is 7.96. The fourth-order valence-electron chi connectivity index (χ4n) is 3.45. The number of hydrogen-bond donors (Lipinski definition) is 3. The van der Waals surface area contributed by atoms with Gasteiger partial charge in [-0.15, -0.1) is 11.3 Å². The monoisotopic (exact) mass is 491 g/mol. The summed E-state index contributed by atoms with van der Waals surface area (Å²) in [5.74, 6) is -1.92. The molecule has 0 aliphatic heterocycles. The van der Waals surface area contributed by atoms with E-state index >= 15 is 0 Å². The van der Waals surface area contributed by atoms with Gasteiger partial charge in [-0.1, -0.05) is 6.42 Å². The molecule has 3 N–H and O–H groups in total. The summed E-state index contributed by atoms with van der Waals surface area (Å²) in [6.45, 7) is 0. The SMILES string of the molecule is CN(C(=O)C(Cc1cc(F)cc(F)c1)NC(=O)NSNC1CCC1)c1ccc2scnc2c1. The predicted octanol–water partition coefficient (Wildman–Crippen LogP) is 4.15. The maximum Gasteiger partial charge on any atom is 0.326 e. The van der Waals surface area contributed by atoms with Crippen LogP contribution in [0.4, 0.5) is 19.3 Å². The fourth-order valence-corrected chi connectivity index (χ4v) is 4.73. The molecule has 1 aromatic heterocycles. The van der Waals surface area contributed by atoms with Gasteiger partial charge in [0.25, 0.3) is 0 Å². The first-order chi connectivity index (χ1) is 15.9. The topological polar surface area (TPSA) is 86.4 Å². The maximum absolute atomic E-state index is 13.7. The number of rotatable bonds is 8. The lowest BCUT2D eigenvalue weighted by molar-refractivity contribution is -0.120. The molecule has 1 unspecified atom stereocenters. The summed E-state index contributed by atoms with van der Waals surface area (Å²) in [5.41, 5.74) is 3.33. The number of carbonyl (C=O) groups excluding carboxylic acids is 2. The third-order valence-electron chi connectivity index (χ3n) is 5.47. The van der Waals surface area contributed by atoms with Crippen molar-refractivity contribution in [3.63, 3.8) is 0 Å². The lowest BCUT2D eigenvalue weighted by atomic mass is 9.94. The Morgan fingerprint density at radius 2 is 1.97 bits per heavy atom. The van der Waals surface area contributed by atoms with Gasteiger partial charge in [-0.2, -0.15) is 0 Å². The third kappa shape index (κ3) is 5.98. The molecule has 1 fully saturated rings. The van der Waals surface area contributed by atoms with E-state index in [1.165, 1.54) is 16.2 Å². The van der Waals surface area contributed by atoms with Crippen LogP contribution in [-0.2, 0) is 11.2 Å². The number of amides is 3. The van der Waals surface area contributed by atoms with E-state index in [1.54, 1.807) is 24.7 Å². The van der Waals surface area contributed by atoms with Gasteiger partial charge in [-0.3, -0.25) is 9.52 Å². The minimum Gasteiger partial charge on any atom is -0.325 e. The van der Waals surface area contributed by atoms with Crippen LogP contribution in [0.25, 0.3) is 10.2 Å². The maximum atomic E-state index is 13.7. The molecule has 0 bridgehead atoms. The molecule has 1 saturated carbocycles. The van der Waals surface area contributed by atoms with Crippen LogP contribution >= 0.6 is 23.5 Å². The molecular formula is C22H23F2N5O2S2. The lowest BCUT2D eigenvalue weighted by Crippen LogP contribution is -2.51. The first-order valence-corrected chi connectivity index (χ1v) is 12.1. The van der Waals surface area contributed by atoms with Gasteiger partial charge in [0, 0.05) is 43.4 Å². The van der Waals surface area contributed by atoms with E-state index in [4.69, 9.17) is 0 Å². The summed E-state index contributed by atoms with van der Waals surface area (Å²) in [5, 5.41) is 2.64. The van der Waals surface area contributed by atoms with Crippen LogP contribution in [0.15, 0.2) is 41.9 Å². The number of likely N-dealkylation sites (N-methyl/N-ethyl adjacent to an activating group) is 1. The number of thiazole rings is 1. The summed E-state index contributed by atoms with van der Waals surface area (Å²) in [4.78, 5) is 31.5. The van der Waals surface area contributed by atoms with Gasteiger partial charge in [0.1, 0.15) is 17.7 Å². The van der Waals surface area contributed by atoms with Gasteiger partial charge in [0.05, 0.1) is 15.7 Å². The molecule has 1 aliphatic rings. The molecule has 1 heterocycles. The largest absolute Gasteiger partial charge is 0.326 e. The zero-order valence-electron chi connectivity index (χ0n) is 17.8. The molecule has 3 amide bonds. The van der Waals surface area contributed by atoms with Gasteiger partial charge in [-0.05, 0) is 48.7 Å². The minimum absolute atomic E-state index is 0.0784. The van der Waals surface area contributed by atoms with Crippen molar-refractivity contribution >= 4 is 51.3 Å². The van der Waals surface area contributed by atoms with Crippen LogP contribution in [-0.4, -0.2) is 36.1 Å². The molecule has 1 aliphatic carbocycles. The fraction of sp³-hybridized carbons (Fsp3) is 0.318. The zero-order valence-corrected chi connectivity index (χ0v) is 19.4. The normalized spacial score (nSPS) is 14.5. The molecule has 3 aromatic rings. The highest BCUT2D eigenvalue weighted by Gasteiger charge is 2.26. The Labute approximate surface area is 198 Å². The molecule has 2 aromatic carbocycles. The quantitative estimate of drug-likeness (QED) is 0.412. The van der Waals surface area contributed by atoms with E-state index in [2.05, 4.69) is 19.7 Å². The van der Waals surface area contributed by atoms with Gasteiger partial charge >= 0.3 is 6.03 Å². The number of fused-ring (bicyclic) bond motifs is 1. The Morgan fingerprint density at radius 3 is 2.67 bits per heavy atom. The van der Waals surface area contributed by atoms with Crippen molar-refractivity contribution in [1.82, 2.24) is 19.7 Å². The van der Waals surface area contributed by atoms with Crippen molar-refractivity contribution in [1.29, 1.82) is 0 Å². The van der Waals surface area contributed by atoms with Gasteiger partial charge < -0.3 is 10.2 Å². The minimum atomic E-state index is -1.05. The molecule has 0 saturated heterocycles. The number of nitrogens with zero attached hydrogens (tertiary/aromatic N) is 2. The number of benzene rings is 2. The highest BCUT2D eigenvalue weighted by atomic mass is 32.2. The van der Waals surface area contributed by atoms with Crippen LogP contribution in [0.1, 0.15) is 24.8 Å². The van der Waals surface area contributed by atoms with Crippen LogP contribution in [0, 0.1) is 11.6 Å². The Hall–Kier alpha value is -2.76. The number of anilines is 1. The molecule has 11 heteroatoms. The van der Waals surface area contributed by atoms with E-state index in [1.807, 2.05) is 6.07 Å². The molecule has 4 rings (SSSR count). The second-order valence-corrected chi connectivity index (χ2v) is 9.39. The van der Waals surface area contributed by atoms with Crippen LogP contribution < -0.4 is 19.7 Å². The first kappa shape index (κ1) is 23.4. The number of urea groups is 1. The van der Waals surface area contributed by atoms with Crippen molar-refractivity contribution < 1.29 is 18.4 Å². The smallest absolute Gasteiger partial charge is 0.325 e. The summed E-state index contributed by atoms with van der Waals surface area (Å²) in [7, 11) is 1.58. The molecule has 0 radical (unpaired) electrons. The van der Waals surface area contributed by atoms with E-state index in [9.17, 15) is 18.4 Å². The molecular weight excluding hydrogens is 468 g/mol. The number of hydrogen-bond acceptors (Lipinski definition) is 6. The van der Waals surface area contributed by atoms with Crippen molar-refractivity contribution in [2.45, 2.75) is 37.8 Å². The van der Waals surface area contributed by atoms with Crippen LogP contribution in [0.2, 0.25) is 0 Å². The Kier molecular flexibility index (Phi) is 7.41. The number of carbonyl (C=O) groups is 2. The van der Waals surface area contributed by atoms with E-state index in [0.717, 1.165) is 59.8 Å². The highest BCUT2D eigenvalue weighted by Crippen LogP contribution is 2.24. The van der Waals surface area contributed by atoms with Crippen molar-refractivity contribution in [3.05, 3.63) is 59.1 Å². The second-order valence-electron chi connectivity index (χ2n) is 7.86.